The number of hydrogen-bond acceptors (Lipinski definition) is 8. The summed E-state index contributed by atoms with van der Waals surface area (Å²) in [6.07, 6.45) is 0. The minimum absolute atomic E-state index is 0.127. The molecule has 0 saturated heterocycles. The maximum Gasteiger partial charge on any atom is 0.342 e. The van der Waals surface area contributed by atoms with E-state index in [1.165, 1.54) is 12.1 Å². The van der Waals surface area contributed by atoms with Gasteiger partial charge in [-0.25, -0.2) is 4.79 Å². The van der Waals surface area contributed by atoms with Crippen LogP contribution in [0.15, 0.2) is 53.1 Å². The molecule has 0 aliphatic heterocycles. The second-order valence-electron chi connectivity index (χ2n) is 5.57. The molecule has 0 bridgehead atoms. The van der Waals surface area contributed by atoms with Crippen molar-refractivity contribution < 1.29 is 28.3 Å². The number of nitrogens with zero attached hydrogens (tertiary/aromatic N) is 2. The molecule has 0 radical (unpaired) electrons. The number of carbonyl (C=O) groups is 2. The van der Waals surface area contributed by atoms with E-state index in [2.05, 4.69) is 10.1 Å². The van der Waals surface area contributed by atoms with Crippen LogP contribution in [0.3, 0.4) is 0 Å². The number of primary amides is 1. The molecule has 0 aliphatic rings. The van der Waals surface area contributed by atoms with Crippen molar-refractivity contribution in [3.63, 3.8) is 0 Å². The standard InChI is InChI=1S/C19H17N3O6/c1-25-13-6-4-5-12(9-13)18-21-17(28-22-18)11-27-19(24)14-7-2-3-8-15(14)26-10-16(20)23/h2-9H,10-11H2,1H3,(H2,20,23). The second kappa shape index (κ2) is 8.67. The molecule has 9 heteroatoms. The van der Waals surface area contributed by atoms with Crippen molar-refractivity contribution in [1.29, 1.82) is 0 Å². The van der Waals surface area contributed by atoms with E-state index in [0.29, 0.717) is 17.1 Å². The zero-order valence-corrected chi connectivity index (χ0v) is 15.0. The number of amides is 1. The Morgan fingerprint density at radius 1 is 1.14 bits per heavy atom. The molecular weight excluding hydrogens is 366 g/mol. The molecule has 1 heterocycles. The van der Waals surface area contributed by atoms with Crippen LogP contribution in [0.2, 0.25) is 0 Å². The Balaban J connectivity index is 1.66. The molecule has 0 atom stereocenters. The summed E-state index contributed by atoms with van der Waals surface area (Å²) in [6.45, 7) is -0.572. The summed E-state index contributed by atoms with van der Waals surface area (Å²) in [5.41, 5.74) is 5.90. The maximum absolute atomic E-state index is 12.3. The highest BCUT2D eigenvalue weighted by atomic mass is 16.6. The van der Waals surface area contributed by atoms with E-state index in [0.717, 1.165) is 0 Å². The van der Waals surface area contributed by atoms with E-state index in [4.69, 9.17) is 24.5 Å². The molecule has 0 fully saturated rings. The van der Waals surface area contributed by atoms with E-state index < -0.39 is 11.9 Å². The maximum atomic E-state index is 12.3. The molecule has 0 spiro atoms. The van der Waals surface area contributed by atoms with Gasteiger partial charge in [-0.2, -0.15) is 4.98 Å². The highest BCUT2D eigenvalue weighted by molar-refractivity contribution is 5.92. The van der Waals surface area contributed by atoms with Crippen LogP contribution in [0, 0.1) is 0 Å². The summed E-state index contributed by atoms with van der Waals surface area (Å²) in [7, 11) is 1.56. The molecule has 3 rings (SSSR count). The lowest BCUT2D eigenvalue weighted by Crippen LogP contribution is -2.21. The van der Waals surface area contributed by atoms with Crippen LogP contribution in [0.5, 0.6) is 11.5 Å². The van der Waals surface area contributed by atoms with Gasteiger partial charge < -0.3 is 24.5 Å². The van der Waals surface area contributed by atoms with Crippen LogP contribution >= 0.6 is 0 Å². The molecule has 2 N–H and O–H groups in total. The number of ether oxygens (including phenoxy) is 3. The Labute approximate surface area is 160 Å². The first-order valence-electron chi connectivity index (χ1n) is 8.21. The fraction of sp³-hybridized carbons (Fsp3) is 0.158. The normalized spacial score (nSPS) is 10.3. The van der Waals surface area contributed by atoms with Gasteiger partial charge in [0.05, 0.1) is 7.11 Å². The molecule has 9 nitrogen and oxygen atoms in total. The smallest absolute Gasteiger partial charge is 0.342 e. The van der Waals surface area contributed by atoms with E-state index in [9.17, 15) is 9.59 Å². The number of methoxy groups -OCH3 is 1. The monoisotopic (exact) mass is 383 g/mol. The van der Waals surface area contributed by atoms with Gasteiger partial charge in [0.2, 0.25) is 5.82 Å². The summed E-state index contributed by atoms with van der Waals surface area (Å²) >= 11 is 0. The third kappa shape index (κ3) is 4.64. The van der Waals surface area contributed by atoms with E-state index in [1.54, 1.807) is 43.5 Å². The second-order valence-corrected chi connectivity index (χ2v) is 5.57. The van der Waals surface area contributed by atoms with Gasteiger partial charge in [0.15, 0.2) is 13.2 Å². The van der Waals surface area contributed by atoms with Crippen LogP contribution in [-0.4, -0.2) is 35.7 Å². The number of rotatable bonds is 8. The van der Waals surface area contributed by atoms with Gasteiger partial charge >= 0.3 is 5.97 Å². The Bertz CT molecular complexity index is 985. The molecule has 1 amide bonds. The number of carbonyl (C=O) groups excluding carboxylic acids is 2. The molecule has 2 aromatic carbocycles. The highest BCUT2D eigenvalue weighted by Gasteiger charge is 2.16. The third-order valence-electron chi connectivity index (χ3n) is 3.60. The number of aromatic nitrogens is 2. The largest absolute Gasteiger partial charge is 0.497 e. The van der Waals surface area contributed by atoms with Crippen LogP contribution in [0.25, 0.3) is 11.4 Å². The minimum atomic E-state index is -0.666. The lowest BCUT2D eigenvalue weighted by molar-refractivity contribution is -0.119. The Morgan fingerprint density at radius 3 is 2.75 bits per heavy atom. The first-order valence-corrected chi connectivity index (χ1v) is 8.21. The number of hydrogen-bond donors (Lipinski definition) is 1. The Hall–Kier alpha value is -3.88. The van der Waals surface area contributed by atoms with Crippen molar-refractivity contribution in [3.05, 3.63) is 60.0 Å². The number of esters is 1. The molecule has 0 saturated carbocycles. The topological polar surface area (TPSA) is 127 Å². The summed E-state index contributed by atoms with van der Waals surface area (Å²) < 4.78 is 20.7. The van der Waals surface area contributed by atoms with E-state index >= 15 is 0 Å². The fourth-order valence-electron chi connectivity index (χ4n) is 2.31. The molecule has 3 aromatic rings. The third-order valence-corrected chi connectivity index (χ3v) is 3.60. The first kappa shape index (κ1) is 18.9. The molecule has 0 aliphatic carbocycles. The predicted molar refractivity (Wildman–Crippen MR) is 96.5 cm³/mol. The van der Waals surface area contributed by atoms with Gasteiger partial charge in [-0.15, -0.1) is 0 Å². The molecular formula is C19H17N3O6. The quantitative estimate of drug-likeness (QED) is 0.585. The van der Waals surface area contributed by atoms with Crippen molar-refractivity contribution in [1.82, 2.24) is 10.1 Å². The molecule has 28 heavy (non-hydrogen) atoms. The lowest BCUT2D eigenvalue weighted by Gasteiger charge is -2.09. The fourth-order valence-corrected chi connectivity index (χ4v) is 2.31. The highest BCUT2D eigenvalue weighted by Crippen LogP contribution is 2.22. The Morgan fingerprint density at radius 2 is 1.96 bits per heavy atom. The zero-order valence-electron chi connectivity index (χ0n) is 15.0. The van der Waals surface area contributed by atoms with E-state index in [-0.39, 0.29) is 30.4 Å². The van der Waals surface area contributed by atoms with Gasteiger partial charge in [0, 0.05) is 5.56 Å². The van der Waals surface area contributed by atoms with Crippen LogP contribution < -0.4 is 15.2 Å². The number of nitrogens with two attached hydrogens (primary N) is 1. The SMILES string of the molecule is COc1cccc(-c2noc(COC(=O)c3ccccc3OCC(N)=O)n2)c1. The van der Waals surface area contributed by atoms with Crippen molar-refractivity contribution in [2.24, 2.45) is 5.73 Å². The van der Waals surface area contributed by atoms with Crippen LogP contribution in [-0.2, 0) is 16.1 Å². The van der Waals surface area contributed by atoms with Crippen molar-refractivity contribution in [2.75, 3.05) is 13.7 Å². The van der Waals surface area contributed by atoms with Crippen molar-refractivity contribution >= 4 is 11.9 Å². The van der Waals surface area contributed by atoms with Crippen molar-refractivity contribution in [2.45, 2.75) is 6.61 Å². The minimum Gasteiger partial charge on any atom is -0.497 e. The molecule has 0 unspecified atom stereocenters. The molecule has 144 valence electrons. The first-order chi connectivity index (χ1) is 13.6. The summed E-state index contributed by atoms with van der Waals surface area (Å²) in [6, 6.07) is 13.5. The predicted octanol–water partition coefficient (Wildman–Crippen LogP) is 1.97. The van der Waals surface area contributed by atoms with Crippen molar-refractivity contribution in [3.8, 4) is 22.9 Å². The van der Waals surface area contributed by atoms with Gasteiger partial charge in [-0.1, -0.05) is 29.4 Å². The van der Waals surface area contributed by atoms with Crippen LogP contribution in [0.4, 0.5) is 0 Å². The van der Waals surface area contributed by atoms with Gasteiger partial charge in [-0.05, 0) is 24.3 Å². The van der Waals surface area contributed by atoms with E-state index in [1.807, 2.05) is 0 Å². The van der Waals surface area contributed by atoms with Gasteiger partial charge in [-0.3, -0.25) is 4.79 Å². The summed E-state index contributed by atoms with van der Waals surface area (Å²) in [5.74, 6) is -0.00565. The zero-order chi connectivity index (χ0) is 19.9. The Kier molecular flexibility index (Phi) is 5.85. The van der Waals surface area contributed by atoms with Gasteiger partial charge in [0.25, 0.3) is 11.8 Å². The summed E-state index contributed by atoms with van der Waals surface area (Å²) in [5, 5.41) is 3.87. The summed E-state index contributed by atoms with van der Waals surface area (Å²) in [4.78, 5) is 27.4. The average molecular weight is 383 g/mol. The average Bonchev–Trinajstić information content (AvgIpc) is 3.20. The van der Waals surface area contributed by atoms with Gasteiger partial charge in [0.1, 0.15) is 17.1 Å². The number of benzene rings is 2. The molecule has 1 aromatic heterocycles. The number of para-hydroxylation sites is 1. The van der Waals surface area contributed by atoms with Crippen LogP contribution in [0.1, 0.15) is 16.2 Å². The lowest BCUT2D eigenvalue weighted by atomic mass is 10.2.